The predicted octanol–water partition coefficient (Wildman–Crippen LogP) is 12.7. The molecule has 3 aliphatic heterocycles. The van der Waals surface area contributed by atoms with Gasteiger partial charge in [-0.3, -0.25) is 14.4 Å². The highest BCUT2D eigenvalue weighted by Crippen LogP contribution is 2.47. The molecule has 12 rings (SSSR count). The summed E-state index contributed by atoms with van der Waals surface area (Å²) >= 11 is 0. The molecule has 3 aliphatic carbocycles. The molecule has 2 amide bonds. The van der Waals surface area contributed by atoms with Gasteiger partial charge in [0.05, 0.1) is 50.3 Å². The average Bonchev–Trinajstić information content (AvgIpc) is 1.74. The van der Waals surface area contributed by atoms with E-state index >= 15 is 13.2 Å². The van der Waals surface area contributed by atoms with Gasteiger partial charge >= 0.3 is 27.8 Å². The van der Waals surface area contributed by atoms with Gasteiger partial charge in [-0.2, -0.15) is 26.9 Å². The molecule has 3 aromatic heterocycles. The Bertz CT molecular complexity index is 4620. The van der Waals surface area contributed by atoms with Crippen molar-refractivity contribution in [3.63, 3.8) is 0 Å². The number of hydrogen-bond acceptors (Lipinski definition) is 16. The minimum Gasteiger partial charge on any atom is -0.507 e. The summed E-state index contributed by atoms with van der Waals surface area (Å²) < 4.78 is 130. The molecule has 0 spiro atoms. The Kier molecular flexibility index (Phi) is 20.6. The quantitative estimate of drug-likeness (QED) is 0.0476. The number of alkyl carbamates (subject to hydrolysis) is 2. The number of aromatic nitrogens is 3. The Morgan fingerprint density at radius 2 is 0.900 bits per heavy atom. The van der Waals surface area contributed by atoms with Crippen LogP contribution in [0.15, 0.2) is 32.6 Å². The van der Waals surface area contributed by atoms with E-state index in [4.69, 9.17) is 15.2 Å². The Morgan fingerprint density at radius 1 is 0.560 bits per heavy atom. The summed E-state index contributed by atoms with van der Waals surface area (Å²) in [5.74, 6) is -2.13. The number of hydrogen-bond donors (Lipinski definition) is 4. The van der Waals surface area contributed by atoms with Gasteiger partial charge in [0.1, 0.15) is 40.5 Å². The third-order valence-electron chi connectivity index (χ3n) is 20.2. The van der Waals surface area contributed by atoms with Gasteiger partial charge in [0.15, 0.2) is 5.75 Å². The zero-order valence-corrected chi connectivity index (χ0v) is 60.3. The van der Waals surface area contributed by atoms with E-state index in [2.05, 4.69) is 20.9 Å². The Morgan fingerprint density at radius 3 is 1.26 bits per heavy atom. The molecule has 28 heteroatoms. The molecule has 6 aromatic rings. The number of nitrogens with one attached hydrogen (secondary N) is 2. The summed E-state index contributed by atoms with van der Waals surface area (Å²) in [7, 11) is -6.11. The number of aromatic hydroxyl groups is 1. The minimum atomic E-state index is -6.11. The first-order valence-electron chi connectivity index (χ1n) is 34.3. The van der Waals surface area contributed by atoms with Crippen LogP contribution in [0, 0.1) is 88.1 Å². The fraction of sp³-hybridized carbons (Fsp3) is 0.583. The highest BCUT2D eigenvalue weighted by Gasteiger charge is 2.50. The molecule has 3 saturated heterocycles. The van der Waals surface area contributed by atoms with Crippen LogP contribution in [-0.4, -0.2) is 114 Å². The van der Waals surface area contributed by atoms with E-state index in [0.29, 0.717) is 102 Å². The first-order valence-corrected chi connectivity index (χ1v) is 35.7. The fourth-order valence-corrected chi connectivity index (χ4v) is 15.1. The lowest BCUT2D eigenvalue weighted by Gasteiger charge is -2.27. The highest BCUT2D eigenvalue weighted by atomic mass is 32.2. The van der Waals surface area contributed by atoms with Crippen molar-refractivity contribution in [2.45, 2.75) is 215 Å². The number of nitrogens with two attached hydrogens (primary N) is 1. The first-order chi connectivity index (χ1) is 46.6. The van der Waals surface area contributed by atoms with Gasteiger partial charge in [-0.1, -0.05) is 0 Å². The monoisotopic (exact) mass is 1420 g/mol. The number of pyridine rings is 3. The number of amides is 2. The smallest absolute Gasteiger partial charge is 0.507 e. The number of carbonyl (C=O) groups is 2. The van der Waals surface area contributed by atoms with Crippen LogP contribution in [0.1, 0.15) is 177 Å². The van der Waals surface area contributed by atoms with Crippen LogP contribution in [0.3, 0.4) is 0 Å². The summed E-state index contributed by atoms with van der Waals surface area (Å²) in [6, 6.07) is 5.48. The molecule has 6 atom stereocenters. The van der Waals surface area contributed by atoms with Gasteiger partial charge in [-0.15, -0.1) is 0 Å². The number of alkyl halides is 3. The molecular formula is C72H92F6N10O11S. The maximum atomic E-state index is 15.7. The summed E-state index contributed by atoms with van der Waals surface area (Å²) in [4.78, 5) is 69.4. The van der Waals surface area contributed by atoms with Crippen LogP contribution in [0.25, 0.3) is 32.7 Å². The molecule has 0 bridgehead atoms. The lowest BCUT2D eigenvalue weighted by Crippen LogP contribution is -2.42. The second-order valence-corrected chi connectivity index (χ2v) is 31.7. The SMILES string of the molecule is Cc1c(C#N)c2cc(F)c(N3CC[C@@H]([C@H](C)N)C3)c(C)c2n(C2CC2)c1=O.Cc1c(O)c2cc(F)c(N3CC[C@@H]([C@H](C)NC(=O)OC(C)(C)C)C3)c(C)c2n(C2CC2)c1=O.Cc1c(OS(=O)(=O)C(F)(F)F)c2cc(F)c(N3CC[C@@H]([C@H](C)NC(=O)OC(C)(C)C)C3)c(C)c2n(C2CC2)c1=O. The van der Waals surface area contributed by atoms with Crippen LogP contribution in [0.5, 0.6) is 11.5 Å². The maximum absolute atomic E-state index is 15.7. The van der Waals surface area contributed by atoms with Gasteiger partial charge in [-0.05, 0) is 214 Å². The molecule has 0 unspecified atom stereocenters. The van der Waals surface area contributed by atoms with E-state index in [1.54, 1.807) is 55.6 Å². The van der Waals surface area contributed by atoms with Crippen LogP contribution in [-0.2, 0) is 19.6 Å². The third-order valence-corrected chi connectivity index (χ3v) is 21.1. The third kappa shape index (κ3) is 14.9. The molecule has 6 aliphatic rings. The van der Waals surface area contributed by atoms with Crippen molar-refractivity contribution in [1.29, 1.82) is 5.26 Å². The zero-order chi connectivity index (χ0) is 73.6. The van der Waals surface area contributed by atoms with Crippen molar-refractivity contribution in [1.82, 2.24) is 24.3 Å². The maximum Gasteiger partial charge on any atom is 0.534 e. The minimum absolute atomic E-state index is 0.0660. The van der Waals surface area contributed by atoms with E-state index < -0.39 is 62.0 Å². The second-order valence-electron chi connectivity index (χ2n) is 30.1. The topological polar surface area (TPSA) is 266 Å². The van der Waals surface area contributed by atoms with Crippen molar-refractivity contribution in [2.75, 3.05) is 54.0 Å². The van der Waals surface area contributed by atoms with Crippen molar-refractivity contribution < 1.29 is 63.1 Å². The summed E-state index contributed by atoms with van der Waals surface area (Å²) in [5, 5.41) is 26.6. The van der Waals surface area contributed by atoms with Crippen molar-refractivity contribution in [3.8, 4) is 17.6 Å². The van der Waals surface area contributed by atoms with Gasteiger partial charge in [0.25, 0.3) is 16.7 Å². The normalized spacial score (nSPS) is 19.8. The molecule has 6 fully saturated rings. The number of aryl methyl sites for hydroxylation is 3. The molecule has 544 valence electrons. The van der Waals surface area contributed by atoms with Gasteiger partial charge < -0.3 is 63.5 Å². The van der Waals surface area contributed by atoms with Crippen LogP contribution < -0.4 is 51.9 Å². The largest absolute Gasteiger partial charge is 0.534 e. The number of halogens is 6. The number of anilines is 3. The lowest BCUT2D eigenvalue weighted by molar-refractivity contribution is -0.0500. The van der Waals surface area contributed by atoms with Crippen LogP contribution in [0.2, 0.25) is 0 Å². The highest BCUT2D eigenvalue weighted by molar-refractivity contribution is 7.88. The van der Waals surface area contributed by atoms with Crippen LogP contribution >= 0.6 is 0 Å². The number of fused-ring (bicyclic) bond motifs is 3. The van der Waals surface area contributed by atoms with Crippen LogP contribution in [0.4, 0.5) is 53.0 Å². The molecule has 5 N–H and O–H groups in total. The Hall–Kier alpha value is -8.19. The molecule has 21 nitrogen and oxygen atoms in total. The molecule has 3 aromatic carbocycles. The van der Waals surface area contributed by atoms with E-state index in [-0.39, 0.29) is 110 Å². The van der Waals surface area contributed by atoms with Gasteiger partial charge in [0, 0.05) is 97.2 Å². The molecule has 0 radical (unpaired) electrons. The number of benzene rings is 3. The van der Waals surface area contributed by atoms with Gasteiger partial charge in [0.2, 0.25) is 0 Å². The number of ether oxygens (including phenoxy) is 2. The average molecular weight is 1420 g/mol. The van der Waals surface area contributed by atoms with Crippen molar-refractivity contribution in [2.24, 2.45) is 23.5 Å². The van der Waals surface area contributed by atoms with Gasteiger partial charge in [-0.25, -0.2) is 22.8 Å². The number of carbonyl (C=O) groups excluding carboxylic acids is 2. The van der Waals surface area contributed by atoms with E-state index in [1.165, 1.54) is 16.7 Å². The number of rotatable bonds is 13. The number of nitriles is 1. The number of nitrogens with zero attached hydrogens (tertiary/aromatic N) is 7. The second kappa shape index (κ2) is 27.6. The van der Waals surface area contributed by atoms with Crippen molar-refractivity contribution in [3.05, 3.63) is 106 Å². The zero-order valence-electron chi connectivity index (χ0n) is 59.4. The Balaban J connectivity index is 0.000000165. The summed E-state index contributed by atoms with van der Waals surface area (Å²) in [6.07, 6.45) is 6.29. The molecule has 100 heavy (non-hydrogen) atoms. The molecule has 3 saturated carbocycles. The van der Waals surface area contributed by atoms with E-state index in [1.807, 2.05) is 65.2 Å². The van der Waals surface area contributed by atoms with E-state index in [0.717, 1.165) is 63.6 Å². The summed E-state index contributed by atoms with van der Waals surface area (Å²) in [6.45, 7) is 29.5. The van der Waals surface area contributed by atoms with Crippen molar-refractivity contribution >= 4 is 72.1 Å². The first kappa shape index (κ1) is 74.5. The molecule has 6 heterocycles. The molecular weight excluding hydrogens is 1330 g/mol. The van der Waals surface area contributed by atoms with E-state index in [9.17, 15) is 55.9 Å². The standard InChI is InChI=1S/C26H33F4N3O6S.C25H34FN3O4.C21H25FN4O/c1-13-20-18(22(39-40(36,37)26(28,29)30)14(2)23(34)33(20)17-7-8-17)11-19(27)21(13)32-10-9-16(12-32)15(3)31-24(35)38-25(4,5)6;1-13-20-18(22(30)14(2)23(31)29(20)17-7-8-17)11-19(26)21(13)28-10-9-16(12-28)15(3)27-24(32)33-25(4,5)6;1-11-17(9-23)16-8-18(22)20(25-7-6-14(10-25)13(3)24)12(2)19(16)26(21(11)27)15-4-5-15/h11,15-17H,7-10,12H2,1-6H3,(H,31,35);11,15-17,30H,7-10,12H2,1-6H3,(H,27,32);8,13-15H,4-7,10,24H2,1-3H3/t2*15-,16+;13-,14+/m000/s1. The Labute approximate surface area is 577 Å². The lowest BCUT2D eigenvalue weighted by atomic mass is 9.99. The summed E-state index contributed by atoms with van der Waals surface area (Å²) in [5.41, 5.74) is 2.94. The fourth-order valence-electron chi connectivity index (χ4n) is 14.6. The predicted molar refractivity (Wildman–Crippen MR) is 372 cm³/mol.